The van der Waals surface area contributed by atoms with Gasteiger partial charge >= 0.3 is 5.97 Å². The molecule has 0 radical (unpaired) electrons. The van der Waals surface area contributed by atoms with Gasteiger partial charge in [-0.2, -0.15) is 0 Å². The van der Waals surface area contributed by atoms with Crippen LogP contribution in [0.2, 0.25) is 0 Å². The predicted molar refractivity (Wildman–Crippen MR) is 95.8 cm³/mol. The fraction of sp³-hybridized carbons (Fsp3) is 0.263. The molecule has 138 valence electrons. The van der Waals surface area contributed by atoms with E-state index in [2.05, 4.69) is 5.32 Å². The van der Waals surface area contributed by atoms with Gasteiger partial charge in [0, 0.05) is 6.42 Å². The smallest absolute Gasteiger partial charge is 0.326 e. The molecule has 0 aromatic heterocycles. The number of carbonyl (C=O) groups is 2. The van der Waals surface area contributed by atoms with Crippen molar-refractivity contribution in [1.29, 1.82) is 0 Å². The molecule has 26 heavy (non-hydrogen) atoms. The van der Waals surface area contributed by atoms with E-state index in [4.69, 9.17) is 5.73 Å². The normalized spacial score (nSPS) is 14.2. The molecule has 0 fully saturated rings. The molecular formula is C19H22N2O5. The van der Waals surface area contributed by atoms with Crippen LogP contribution >= 0.6 is 0 Å². The highest BCUT2D eigenvalue weighted by Gasteiger charge is 2.32. The van der Waals surface area contributed by atoms with Gasteiger partial charge in [0.2, 0.25) is 5.91 Å². The third-order valence-electron chi connectivity index (χ3n) is 4.02. The summed E-state index contributed by atoms with van der Waals surface area (Å²) in [6.45, 7) is 1.54. The first-order valence-electron chi connectivity index (χ1n) is 8.06. The number of nitrogens with two attached hydrogens (primary N) is 1. The number of carboxylic acids is 1. The van der Waals surface area contributed by atoms with E-state index in [-0.39, 0.29) is 24.3 Å². The SMILES string of the molecule is C[C@](N)(Cc1ccccc1)C(=O)NC(Cc1ccc(O)c(O)c1)C(=O)O. The van der Waals surface area contributed by atoms with Gasteiger partial charge in [0.15, 0.2) is 11.5 Å². The van der Waals surface area contributed by atoms with Gasteiger partial charge in [0.05, 0.1) is 5.54 Å². The lowest BCUT2D eigenvalue weighted by Gasteiger charge is -2.26. The zero-order valence-corrected chi connectivity index (χ0v) is 14.3. The Morgan fingerprint density at radius 1 is 1.08 bits per heavy atom. The molecular weight excluding hydrogens is 336 g/mol. The maximum atomic E-state index is 12.5. The fourth-order valence-electron chi connectivity index (χ4n) is 2.56. The minimum atomic E-state index is -1.29. The summed E-state index contributed by atoms with van der Waals surface area (Å²) in [6, 6.07) is 12.0. The lowest BCUT2D eigenvalue weighted by molar-refractivity contribution is -0.142. The summed E-state index contributed by atoms with van der Waals surface area (Å²) in [5.41, 5.74) is 6.13. The third kappa shape index (κ3) is 4.97. The monoisotopic (exact) mass is 358 g/mol. The van der Waals surface area contributed by atoms with E-state index in [1.54, 1.807) is 6.92 Å². The van der Waals surface area contributed by atoms with Gasteiger partial charge in [-0.3, -0.25) is 4.79 Å². The summed E-state index contributed by atoms with van der Waals surface area (Å²) in [6.07, 6.45) is 0.197. The first kappa shape index (κ1) is 19.3. The number of nitrogens with one attached hydrogen (secondary N) is 1. The summed E-state index contributed by atoms with van der Waals surface area (Å²) in [5.74, 6) is -2.47. The number of hydrogen-bond acceptors (Lipinski definition) is 5. The Morgan fingerprint density at radius 3 is 2.31 bits per heavy atom. The molecule has 2 atom stereocenters. The zero-order chi connectivity index (χ0) is 19.3. The van der Waals surface area contributed by atoms with Crippen LogP contribution in [0.4, 0.5) is 0 Å². The van der Waals surface area contributed by atoms with Gasteiger partial charge in [-0.25, -0.2) is 4.79 Å². The predicted octanol–water partition coefficient (Wildman–Crippen LogP) is 1.17. The summed E-state index contributed by atoms with van der Waals surface area (Å²) in [7, 11) is 0. The first-order chi connectivity index (χ1) is 12.2. The van der Waals surface area contributed by atoms with Crippen LogP contribution in [-0.2, 0) is 22.4 Å². The molecule has 7 heteroatoms. The summed E-state index contributed by atoms with van der Waals surface area (Å²) in [5, 5.41) is 30.7. The molecule has 1 unspecified atom stereocenters. The molecule has 1 amide bonds. The number of aliphatic carboxylic acids is 1. The van der Waals surface area contributed by atoms with E-state index in [1.165, 1.54) is 18.2 Å². The Morgan fingerprint density at radius 2 is 1.73 bits per heavy atom. The minimum Gasteiger partial charge on any atom is -0.504 e. The van der Waals surface area contributed by atoms with Crippen molar-refractivity contribution < 1.29 is 24.9 Å². The van der Waals surface area contributed by atoms with Crippen molar-refractivity contribution in [3.63, 3.8) is 0 Å². The molecule has 2 rings (SSSR count). The number of hydrogen-bond donors (Lipinski definition) is 5. The molecule has 2 aromatic rings. The average Bonchev–Trinajstić information content (AvgIpc) is 2.57. The Kier molecular flexibility index (Phi) is 5.84. The molecule has 7 nitrogen and oxygen atoms in total. The maximum Gasteiger partial charge on any atom is 0.326 e. The average molecular weight is 358 g/mol. The van der Waals surface area contributed by atoms with Crippen LogP contribution in [0.5, 0.6) is 11.5 Å². The molecule has 0 aliphatic carbocycles. The summed E-state index contributed by atoms with van der Waals surface area (Å²) >= 11 is 0. The second-order valence-corrected chi connectivity index (χ2v) is 6.47. The molecule has 0 aliphatic heterocycles. The first-order valence-corrected chi connectivity index (χ1v) is 8.06. The third-order valence-corrected chi connectivity index (χ3v) is 4.02. The maximum absolute atomic E-state index is 12.5. The van der Waals surface area contributed by atoms with Crippen molar-refractivity contribution in [2.45, 2.75) is 31.3 Å². The lowest BCUT2D eigenvalue weighted by atomic mass is 9.92. The van der Waals surface area contributed by atoms with Crippen LogP contribution in [0.1, 0.15) is 18.1 Å². The fourth-order valence-corrected chi connectivity index (χ4v) is 2.56. The van der Waals surface area contributed by atoms with Crippen molar-refractivity contribution >= 4 is 11.9 Å². The van der Waals surface area contributed by atoms with Gasteiger partial charge in [-0.05, 0) is 36.6 Å². The number of aromatic hydroxyl groups is 2. The number of benzene rings is 2. The zero-order valence-electron chi connectivity index (χ0n) is 14.3. The van der Waals surface area contributed by atoms with Gasteiger partial charge in [-0.1, -0.05) is 36.4 Å². The highest BCUT2D eigenvalue weighted by molar-refractivity contribution is 5.90. The highest BCUT2D eigenvalue weighted by Crippen LogP contribution is 2.25. The highest BCUT2D eigenvalue weighted by atomic mass is 16.4. The number of rotatable bonds is 7. The Hall–Kier alpha value is -3.06. The number of carbonyl (C=O) groups excluding carboxylic acids is 1. The largest absolute Gasteiger partial charge is 0.504 e. The van der Waals surface area contributed by atoms with Gasteiger partial charge < -0.3 is 26.4 Å². The molecule has 0 saturated carbocycles. The molecule has 0 saturated heterocycles. The van der Waals surface area contributed by atoms with E-state index in [0.717, 1.165) is 5.56 Å². The van der Waals surface area contributed by atoms with E-state index < -0.39 is 23.5 Å². The van der Waals surface area contributed by atoms with Gasteiger partial charge in [0.1, 0.15) is 6.04 Å². The van der Waals surface area contributed by atoms with Crippen molar-refractivity contribution in [2.24, 2.45) is 5.73 Å². The van der Waals surface area contributed by atoms with Crippen LogP contribution < -0.4 is 11.1 Å². The number of amides is 1. The van der Waals surface area contributed by atoms with Crippen LogP contribution in [0, 0.1) is 0 Å². The van der Waals surface area contributed by atoms with Crippen molar-refractivity contribution in [3.8, 4) is 11.5 Å². The van der Waals surface area contributed by atoms with Crippen LogP contribution in [-0.4, -0.2) is 38.8 Å². The molecule has 0 aliphatic rings. The Balaban J connectivity index is 2.09. The van der Waals surface area contributed by atoms with Gasteiger partial charge in [-0.15, -0.1) is 0 Å². The van der Waals surface area contributed by atoms with Crippen molar-refractivity contribution in [2.75, 3.05) is 0 Å². The van der Waals surface area contributed by atoms with Crippen LogP contribution in [0.15, 0.2) is 48.5 Å². The van der Waals surface area contributed by atoms with E-state index in [0.29, 0.717) is 5.56 Å². The van der Waals surface area contributed by atoms with E-state index >= 15 is 0 Å². The molecule has 6 N–H and O–H groups in total. The quantitative estimate of drug-likeness (QED) is 0.472. The topological polar surface area (TPSA) is 133 Å². The summed E-state index contributed by atoms with van der Waals surface area (Å²) < 4.78 is 0. The van der Waals surface area contributed by atoms with Gasteiger partial charge in [0.25, 0.3) is 0 Å². The molecule has 0 spiro atoms. The Bertz CT molecular complexity index is 790. The van der Waals surface area contributed by atoms with E-state index in [9.17, 15) is 24.9 Å². The molecule has 0 heterocycles. The standard InChI is InChI=1S/C19H22N2O5/c1-19(20,11-12-5-3-2-4-6-12)18(26)21-14(17(24)25)9-13-7-8-15(22)16(23)10-13/h2-8,10,14,22-23H,9,11,20H2,1H3,(H,21,26)(H,24,25)/t14?,19-/m0/s1. The molecule has 2 aromatic carbocycles. The second-order valence-electron chi connectivity index (χ2n) is 6.47. The minimum absolute atomic E-state index is 0.0592. The molecule has 0 bridgehead atoms. The number of phenols is 2. The van der Waals surface area contributed by atoms with Crippen LogP contribution in [0.3, 0.4) is 0 Å². The Labute approximate surface area is 151 Å². The second kappa shape index (κ2) is 7.88. The van der Waals surface area contributed by atoms with Crippen LogP contribution in [0.25, 0.3) is 0 Å². The lowest BCUT2D eigenvalue weighted by Crippen LogP contribution is -2.57. The number of phenolic OH excluding ortho intramolecular Hbond substituents is 2. The number of carboxylic acid groups (broad SMARTS) is 1. The summed E-state index contributed by atoms with van der Waals surface area (Å²) in [4.78, 5) is 24.0. The van der Waals surface area contributed by atoms with E-state index in [1.807, 2.05) is 30.3 Å². The van der Waals surface area contributed by atoms with Crippen molar-refractivity contribution in [1.82, 2.24) is 5.32 Å². The van der Waals surface area contributed by atoms with Crippen molar-refractivity contribution in [3.05, 3.63) is 59.7 Å².